The summed E-state index contributed by atoms with van der Waals surface area (Å²) in [5, 5.41) is 3.31. The number of hydrogen-bond acceptors (Lipinski definition) is 4. The van der Waals surface area contributed by atoms with Gasteiger partial charge in [-0.2, -0.15) is 13.2 Å². The largest absolute Gasteiger partial charge is 0.416 e. The van der Waals surface area contributed by atoms with Crippen LogP contribution in [0.3, 0.4) is 0 Å². The normalized spacial score (nSPS) is 15.7. The van der Waals surface area contributed by atoms with Crippen LogP contribution in [0.1, 0.15) is 34.8 Å². The van der Waals surface area contributed by atoms with E-state index in [-0.39, 0.29) is 6.17 Å². The van der Waals surface area contributed by atoms with Crippen molar-refractivity contribution in [3.05, 3.63) is 89.0 Å². The van der Waals surface area contributed by atoms with Gasteiger partial charge in [-0.1, -0.05) is 48.5 Å². The Kier molecular flexibility index (Phi) is 6.54. The Morgan fingerprint density at radius 2 is 1.70 bits per heavy atom. The summed E-state index contributed by atoms with van der Waals surface area (Å²) in [6, 6.07) is 19.1. The third kappa shape index (κ3) is 4.94. The van der Waals surface area contributed by atoms with Gasteiger partial charge in [0.05, 0.1) is 5.56 Å². The minimum Gasteiger partial charge on any atom is -0.339 e. The minimum absolute atomic E-state index is 0.322. The van der Waals surface area contributed by atoms with E-state index in [1.807, 2.05) is 50.4 Å². The molecular weight excluding hydrogens is 425 g/mol. The molecule has 1 heterocycles. The van der Waals surface area contributed by atoms with Crippen molar-refractivity contribution in [2.24, 2.45) is 10.7 Å². The zero-order valence-corrected chi connectivity index (χ0v) is 18.7. The molecule has 3 aromatic rings. The van der Waals surface area contributed by atoms with Gasteiger partial charge in [-0.3, -0.25) is 4.90 Å². The number of halogens is 3. The SMILES string of the molecule is Cc1cccc2c1NC(c1cc(-c3ccccc3)cc(C(F)(F)F)c1)=NC2N(C)CCCN. The predicted octanol–water partition coefficient (Wildman–Crippen LogP) is 5.83. The number of nitrogens with one attached hydrogen (secondary N) is 1. The number of aryl methyl sites for hydroxylation is 1. The van der Waals surface area contributed by atoms with Crippen LogP contribution < -0.4 is 11.1 Å². The van der Waals surface area contributed by atoms with Gasteiger partial charge in [0.15, 0.2) is 0 Å². The lowest BCUT2D eigenvalue weighted by molar-refractivity contribution is -0.137. The summed E-state index contributed by atoms with van der Waals surface area (Å²) in [6.07, 6.45) is -3.99. The van der Waals surface area contributed by atoms with Gasteiger partial charge in [0.1, 0.15) is 12.0 Å². The molecule has 0 saturated carbocycles. The molecule has 0 aliphatic carbocycles. The van der Waals surface area contributed by atoms with Crippen molar-refractivity contribution in [1.82, 2.24) is 4.90 Å². The Hall–Kier alpha value is -3.16. The van der Waals surface area contributed by atoms with E-state index in [9.17, 15) is 13.2 Å². The number of para-hydroxylation sites is 1. The number of amidine groups is 1. The van der Waals surface area contributed by atoms with Gasteiger partial charge >= 0.3 is 6.18 Å². The number of hydrogen-bond donors (Lipinski definition) is 2. The lowest BCUT2D eigenvalue weighted by Crippen LogP contribution is -2.32. The van der Waals surface area contributed by atoms with Crippen LogP contribution in [-0.2, 0) is 6.18 Å². The molecule has 4 nitrogen and oxygen atoms in total. The van der Waals surface area contributed by atoms with E-state index in [1.54, 1.807) is 18.2 Å². The summed E-state index contributed by atoms with van der Waals surface area (Å²) in [5.74, 6) is 0.421. The van der Waals surface area contributed by atoms with E-state index >= 15 is 0 Å². The van der Waals surface area contributed by atoms with Gasteiger partial charge in [0, 0.05) is 23.4 Å². The molecule has 0 aromatic heterocycles. The van der Waals surface area contributed by atoms with Gasteiger partial charge in [0.25, 0.3) is 0 Å². The number of nitrogens with zero attached hydrogens (tertiary/aromatic N) is 2. The second-order valence-electron chi connectivity index (χ2n) is 8.30. The van der Waals surface area contributed by atoms with Crippen LogP contribution in [0.25, 0.3) is 11.1 Å². The molecule has 0 spiro atoms. The van der Waals surface area contributed by atoms with E-state index in [4.69, 9.17) is 10.7 Å². The maximum atomic E-state index is 13.8. The standard InChI is InChI=1S/C26H27F3N4/c1-17-8-6-11-22-23(17)31-24(32-25(22)33(2)13-7-12-30)20-14-19(18-9-4-3-5-10-18)15-21(16-20)26(27,28)29/h3-6,8-11,14-16,25H,7,12-13,30H2,1-2H3,(H,31,32). The highest BCUT2D eigenvalue weighted by molar-refractivity contribution is 6.10. The second-order valence-corrected chi connectivity index (χ2v) is 8.30. The molecule has 0 saturated heterocycles. The lowest BCUT2D eigenvalue weighted by Gasteiger charge is -2.32. The molecule has 1 aliphatic heterocycles. The Balaban J connectivity index is 1.84. The number of alkyl halides is 3. The fourth-order valence-electron chi connectivity index (χ4n) is 4.09. The topological polar surface area (TPSA) is 53.7 Å². The Morgan fingerprint density at radius 3 is 2.39 bits per heavy atom. The van der Waals surface area contributed by atoms with Gasteiger partial charge < -0.3 is 11.1 Å². The third-order valence-corrected chi connectivity index (χ3v) is 5.85. The molecule has 0 fully saturated rings. The first-order valence-electron chi connectivity index (χ1n) is 10.9. The molecule has 1 atom stereocenters. The van der Waals surface area contributed by atoms with Crippen molar-refractivity contribution in [2.75, 3.05) is 25.5 Å². The minimum atomic E-state index is -4.47. The molecule has 0 bridgehead atoms. The first-order chi connectivity index (χ1) is 15.8. The number of anilines is 1. The highest BCUT2D eigenvalue weighted by Gasteiger charge is 2.33. The maximum absolute atomic E-state index is 13.8. The molecule has 172 valence electrons. The van der Waals surface area contributed by atoms with Gasteiger partial charge in [-0.15, -0.1) is 0 Å². The number of fused-ring (bicyclic) bond motifs is 1. The van der Waals surface area contributed by atoms with E-state index in [0.717, 1.165) is 35.3 Å². The highest BCUT2D eigenvalue weighted by Crippen LogP contribution is 2.38. The summed E-state index contributed by atoms with van der Waals surface area (Å²) in [7, 11) is 1.96. The van der Waals surface area contributed by atoms with Crippen LogP contribution in [0.2, 0.25) is 0 Å². The van der Waals surface area contributed by atoms with Crippen molar-refractivity contribution in [3.8, 4) is 11.1 Å². The number of benzene rings is 3. The summed E-state index contributed by atoms with van der Waals surface area (Å²) < 4.78 is 41.4. The highest BCUT2D eigenvalue weighted by atomic mass is 19.4. The van der Waals surface area contributed by atoms with E-state index in [1.165, 1.54) is 12.1 Å². The van der Waals surface area contributed by atoms with Crippen molar-refractivity contribution < 1.29 is 13.2 Å². The zero-order valence-electron chi connectivity index (χ0n) is 18.7. The molecule has 3 N–H and O–H groups in total. The van der Waals surface area contributed by atoms with Crippen LogP contribution >= 0.6 is 0 Å². The number of aliphatic imine (C=N–C) groups is 1. The van der Waals surface area contributed by atoms with Crippen LogP contribution in [0, 0.1) is 6.92 Å². The van der Waals surface area contributed by atoms with Crippen LogP contribution in [0.5, 0.6) is 0 Å². The average molecular weight is 453 g/mol. The molecule has 0 radical (unpaired) electrons. The maximum Gasteiger partial charge on any atom is 0.416 e. The quantitative estimate of drug-likeness (QED) is 0.495. The van der Waals surface area contributed by atoms with E-state index in [0.29, 0.717) is 23.5 Å². The monoisotopic (exact) mass is 452 g/mol. The molecule has 1 unspecified atom stereocenters. The van der Waals surface area contributed by atoms with Crippen LogP contribution in [0.15, 0.2) is 71.7 Å². The molecule has 1 aliphatic rings. The average Bonchev–Trinajstić information content (AvgIpc) is 2.82. The van der Waals surface area contributed by atoms with Crippen molar-refractivity contribution in [1.29, 1.82) is 0 Å². The predicted molar refractivity (Wildman–Crippen MR) is 127 cm³/mol. The molecule has 7 heteroatoms. The van der Waals surface area contributed by atoms with Crippen LogP contribution in [-0.4, -0.2) is 30.9 Å². The third-order valence-electron chi connectivity index (χ3n) is 5.85. The van der Waals surface area contributed by atoms with E-state index in [2.05, 4.69) is 10.2 Å². The fourth-order valence-corrected chi connectivity index (χ4v) is 4.09. The summed E-state index contributed by atoms with van der Waals surface area (Å²) >= 11 is 0. The molecular formula is C26H27F3N4. The smallest absolute Gasteiger partial charge is 0.339 e. The van der Waals surface area contributed by atoms with Crippen molar-refractivity contribution in [3.63, 3.8) is 0 Å². The van der Waals surface area contributed by atoms with E-state index < -0.39 is 11.7 Å². The van der Waals surface area contributed by atoms with Gasteiger partial charge in [-0.05, 0) is 61.8 Å². The number of rotatable bonds is 6. The first-order valence-corrected chi connectivity index (χ1v) is 10.9. The lowest BCUT2D eigenvalue weighted by atomic mass is 9.97. The summed E-state index contributed by atoms with van der Waals surface area (Å²) in [5.41, 5.74) is 9.48. The van der Waals surface area contributed by atoms with Gasteiger partial charge in [-0.25, -0.2) is 4.99 Å². The number of nitrogens with two attached hydrogens (primary N) is 1. The van der Waals surface area contributed by atoms with Gasteiger partial charge in [0.2, 0.25) is 0 Å². The zero-order chi connectivity index (χ0) is 23.6. The Labute approximate surface area is 192 Å². The molecule has 33 heavy (non-hydrogen) atoms. The molecule has 0 amide bonds. The van der Waals surface area contributed by atoms with Crippen molar-refractivity contribution >= 4 is 11.5 Å². The Bertz CT molecular complexity index is 1160. The molecule has 3 aromatic carbocycles. The van der Waals surface area contributed by atoms with Crippen LogP contribution in [0.4, 0.5) is 18.9 Å². The summed E-state index contributed by atoms with van der Waals surface area (Å²) in [6.45, 7) is 3.26. The summed E-state index contributed by atoms with van der Waals surface area (Å²) in [4.78, 5) is 6.95. The Morgan fingerprint density at radius 1 is 0.970 bits per heavy atom. The first kappa shape index (κ1) is 23.0. The second kappa shape index (κ2) is 9.37. The molecule has 4 rings (SSSR count). The fraction of sp³-hybridized carbons (Fsp3) is 0.269. The van der Waals surface area contributed by atoms with Crippen molar-refractivity contribution in [2.45, 2.75) is 25.7 Å².